The molecule has 2 unspecified atom stereocenters. The largest absolute Gasteiger partial charge is 0.497 e. The Hall–Kier alpha value is -1.76. The van der Waals surface area contributed by atoms with Crippen LogP contribution in [0, 0.1) is 0 Å². The quantitative estimate of drug-likeness (QED) is 0.692. The van der Waals surface area contributed by atoms with Crippen LogP contribution in [-0.4, -0.2) is 33.0 Å². The molecule has 2 aromatic carbocycles. The molecular formula is C19H24BrNO4. The predicted octanol–water partition coefficient (Wildman–Crippen LogP) is 3.86. The van der Waals surface area contributed by atoms with Crippen LogP contribution < -0.4 is 19.5 Å². The summed E-state index contributed by atoms with van der Waals surface area (Å²) in [5.41, 5.74) is 1.79. The molecule has 0 saturated heterocycles. The Balaban J connectivity index is 2.06. The molecule has 0 fully saturated rings. The molecule has 0 spiro atoms. The first-order valence-electron chi connectivity index (χ1n) is 7.97. The fourth-order valence-corrected chi connectivity index (χ4v) is 3.13. The van der Waals surface area contributed by atoms with Gasteiger partial charge in [-0.05, 0) is 58.7 Å². The predicted molar refractivity (Wildman–Crippen MR) is 102 cm³/mol. The minimum atomic E-state index is -0.714. The molecule has 0 aliphatic carbocycles. The van der Waals surface area contributed by atoms with Crippen LogP contribution in [0.2, 0.25) is 0 Å². The number of rotatable bonds is 8. The van der Waals surface area contributed by atoms with E-state index < -0.39 is 6.10 Å². The third-order valence-corrected chi connectivity index (χ3v) is 4.71. The monoisotopic (exact) mass is 409 g/mol. The summed E-state index contributed by atoms with van der Waals surface area (Å²) >= 11 is 3.49. The Morgan fingerprint density at radius 1 is 1.00 bits per heavy atom. The molecule has 0 aliphatic rings. The van der Waals surface area contributed by atoms with Gasteiger partial charge in [0.2, 0.25) is 0 Å². The molecule has 2 atom stereocenters. The lowest BCUT2D eigenvalue weighted by molar-refractivity contribution is 0.166. The van der Waals surface area contributed by atoms with E-state index in [-0.39, 0.29) is 6.04 Å². The topological polar surface area (TPSA) is 60.0 Å². The molecule has 0 bridgehead atoms. The number of aliphatic hydroxyl groups is 1. The summed E-state index contributed by atoms with van der Waals surface area (Å²) in [6, 6.07) is 11.4. The molecule has 25 heavy (non-hydrogen) atoms. The van der Waals surface area contributed by atoms with Gasteiger partial charge in [-0.15, -0.1) is 0 Å². The van der Waals surface area contributed by atoms with E-state index in [1.54, 1.807) is 39.5 Å². The van der Waals surface area contributed by atoms with E-state index >= 15 is 0 Å². The van der Waals surface area contributed by atoms with E-state index in [1.807, 2.05) is 25.1 Å². The van der Waals surface area contributed by atoms with E-state index in [9.17, 15) is 5.11 Å². The second kappa shape index (κ2) is 9.08. The van der Waals surface area contributed by atoms with Gasteiger partial charge in [-0.1, -0.05) is 6.07 Å². The number of halogens is 1. The van der Waals surface area contributed by atoms with Gasteiger partial charge in [0.1, 0.15) is 17.2 Å². The highest BCUT2D eigenvalue weighted by Gasteiger charge is 2.16. The molecule has 5 nitrogen and oxygen atoms in total. The van der Waals surface area contributed by atoms with E-state index in [0.717, 1.165) is 15.8 Å². The van der Waals surface area contributed by atoms with Gasteiger partial charge in [-0.3, -0.25) is 0 Å². The maximum Gasteiger partial charge on any atom is 0.133 e. The highest BCUT2D eigenvalue weighted by atomic mass is 79.9. The number of hydrogen-bond donors (Lipinski definition) is 2. The van der Waals surface area contributed by atoms with Gasteiger partial charge in [0.25, 0.3) is 0 Å². The fraction of sp³-hybridized carbons (Fsp3) is 0.368. The van der Waals surface area contributed by atoms with Crippen LogP contribution >= 0.6 is 15.9 Å². The first kappa shape index (κ1) is 19.6. The van der Waals surface area contributed by atoms with Crippen molar-refractivity contribution in [2.45, 2.75) is 19.1 Å². The molecule has 0 radical (unpaired) electrons. The van der Waals surface area contributed by atoms with Crippen molar-refractivity contribution in [1.82, 2.24) is 5.32 Å². The number of hydrogen-bond acceptors (Lipinski definition) is 5. The van der Waals surface area contributed by atoms with Crippen LogP contribution in [-0.2, 0) is 0 Å². The average Bonchev–Trinajstić information content (AvgIpc) is 2.65. The SMILES string of the molecule is COc1ccc(OC)c(C(O)CNC(C)c2ccc(OC)c(Br)c2)c1. The molecule has 0 aromatic heterocycles. The van der Waals surface area contributed by atoms with Crippen molar-refractivity contribution >= 4 is 15.9 Å². The molecule has 2 N–H and O–H groups in total. The molecule has 2 rings (SSSR count). The van der Waals surface area contributed by atoms with Crippen molar-refractivity contribution in [1.29, 1.82) is 0 Å². The molecular weight excluding hydrogens is 386 g/mol. The smallest absolute Gasteiger partial charge is 0.133 e. The molecule has 2 aromatic rings. The number of methoxy groups -OCH3 is 3. The number of benzene rings is 2. The molecule has 0 saturated carbocycles. The lowest BCUT2D eigenvalue weighted by Gasteiger charge is -2.20. The van der Waals surface area contributed by atoms with Crippen LogP contribution in [0.4, 0.5) is 0 Å². The van der Waals surface area contributed by atoms with Gasteiger partial charge in [0, 0.05) is 18.2 Å². The highest BCUT2D eigenvalue weighted by molar-refractivity contribution is 9.10. The summed E-state index contributed by atoms with van der Waals surface area (Å²) in [6.45, 7) is 2.43. The summed E-state index contributed by atoms with van der Waals surface area (Å²) in [6.07, 6.45) is -0.714. The van der Waals surface area contributed by atoms with Crippen LogP contribution in [0.3, 0.4) is 0 Å². The lowest BCUT2D eigenvalue weighted by Crippen LogP contribution is -2.25. The Bertz CT molecular complexity index is 708. The van der Waals surface area contributed by atoms with Gasteiger partial charge in [-0.2, -0.15) is 0 Å². The van der Waals surface area contributed by atoms with Crippen LogP contribution in [0.5, 0.6) is 17.2 Å². The second-order valence-electron chi connectivity index (χ2n) is 5.65. The average molecular weight is 410 g/mol. The fourth-order valence-electron chi connectivity index (χ4n) is 2.57. The summed E-state index contributed by atoms with van der Waals surface area (Å²) in [7, 11) is 4.82. The summed E-state index contributed by atoms with van der Waals surface area (Å²) in [5.74, 6) is 2.11. The minimum absolute atomic E-state index is 0.0634. The molecule has 6 heteroatoms. The number of ether oxygens (including phenoxy) is 3. The van der Waals surface area contributed by atoms with Crippen molar-refractivity contribution < 1.29 is 19.3 Å². The summed E-state index contributed by atoms with van der Waals surface area (Å²) in [4.78, 5) is 0. The van der Waals surface area contributed by atoms with E-state index in [2.05, 4.69) is 21.2 Å². The zero-order valence-corrected chi connectivity index (χ0v) is 16.5. The number of nitrogens with one attached hydrogen (secondary N) is 1. The van der Waals surface area contributed by atoms with Crippen LogP contribution in [0.1, 0.15) is 30.2 Å². The van der Waals surface area contributed by atoms with Crippen LogP contribution in [0.25, 0.3) is 0 Å². The molecule has 136 valence electrons. The van der Waals surface area contributed by atoms with Crippen molar-refractivity contribution in [3.8, 4) is 17.2 Å². The molecule has 0 heterocycles. The second-order valence-corrected chi connectivity index (χ2v) is 6.50. The van der Waals surface area contributed by atoms with Crippen molar-refractivity contribution in [2.75, 3.05) is 27.9 Å². The van der Waals surface area contributed by atoms with E-state index in [4.69, 9.17) is 14.2 Å². The zero-order valence-electron chi connectivity index (χ0n) is 14.9. The van der Waals surface area contributed by atoms with Crippen molar-refractivity contribution in [2.24, 2.45) is 0 Å². The van der Waals surface area contributed by atoms with Crippen molar-refractivity contribution in [3.63, 3.8) is 0 Å². The standard InChI is InChI=1S/C19H24BrNO4/c1-12(13-5-7-19(25-4)16(20)9-13)21-11-17(22)15-10-14(23-2)6-8-18(15)24-3/h5-10,12,17,21-22H,11H2,1-4H3. The van der Waals surface area contributed by atoms with Crippen LogP contribution in [0.15, 0.2) is 40.9 Å². The molecule has 0 amide bonds. The zero-order chi connectivity index (χ0) is 18.4. The van der Waals surface area contributed by atoms with Gasteiger partial charge in [0.05, 0.1) is 31.9 Å². The van der Waals surface area contributed by atoms with Gasteiger partial charge >= 0.3 is 0 Å². The lowest BCUT2D eigenvalue weighted by atomic mass is 10.1. The Morgan fingerprint density at radius 3 is 2.28 bits per heavy atom. The Labute approximate surface area is 157 Å². The highest BCUT2D eigenvalue weighted by Crippen LogP contribution is 2.30. The first-order chi connectivity index (χ1) is 12.0. The Kier molecular flexibility index (Phi) is 7.11. The maximum absolute atomic E-state index is 10.6. The van der Waals surface area contributed by atoms with Gasteiger partial charge in [0.15, 0.2) is 0 Å². The van der Waals surface area contributed by atoms with Gasteiger partial charge < -0.3 is 24.6 Å². The van der Waals surface area contributed by atoms with Gasteiger partial charge in [-0.25, -0.2) is 0 Å². The van der Waals surface area contributed by atoms with E-state index in [1.165, 1.54) is 0 Å². The maximum atomic E-state index is 10.6. The number of aliphatic hydroxyl groups excluding tert-OH is 1. The third-order valence-electron chi connectivity index (χ3n) is 4.09. The molecule has 0 aliphatic heterocycles. The normalized spacial score (nSPS) is 13.2. The first-order valence-corrected chi connectivity index (χ1v) is 8.76. The van der Waals surface area contributed by atoms with Crippen molar-refractivity contribution in [3.05, 3.63) is 52.0 Å². The summed E-state index contributed by atoms with van der Waals surface area (Å²) in [5, 5.41) is 13.9. The third kappa shape index (κ3) is 4.87. The van der Waals surface area contributed by atoms with E-state index in [0.29, 0.717) is 23.6 Å². The minimum Gasteiger partial charge on any atom is -0.497 e. The Morgan fingerprint density at radius 2 is 1.68 bits per heavy atom. The summed E-state index contributed by atoms with van der Waals surface area (Å²) < 4.78 is 16.7.